The highest BCUT2D eigenvalue weighted by atomic mass is 35.5. The molecule has 0 bridgehead atoms. The Hall–Kier alpha value is -1.74. The highest BCUT2D eigenvalue weighted by molar-refractivity contribution is 7.89. The van der Waals surface area contributed by atoms with Crippen molar-refractivity contribution in [1.82, 2.24) is 10.0 Å². The molecule has 0 aliphatic carbocycles. The van der Waals surface area contributed by atoms with E-state index in [1.165, 1.54) is 18.2 Å². The van der Waals surface area contributed by atoms with E-state index in [9.17, 15) is 17.2 Å². The normalized spacial score (nSPS) is 19.7. The molecule has 1 saturated heterocycles. The number of ether oxygens (including phenoxy) is 1. The molecule has 1 fully saturated rings. The van der Waals surface area contributed by atoms with Gasteiger partial charge in [0.25, 0.3) is 0 Å². The number of rotatable bonds is 6. The summed E-state index contributed by atoms with van der Waals surface area (Å²) in [7, 11) is -3.80. The van der Waals surface area contributed by atoms with Gasteiger partial charge in [-0.2, -0.15) is 0 Å². The molecule has 1 heterocycles. The topological polar surface area (TPSA) is 67.4 Å². The van der Waals surface area contributed by atoms with Gasteiger partial charge in [0.05, 0.1) is 11.5 Å². The van der Waals surface area contributed by atoms with Gasteiger partial charge in [-0.3, -0.25) is 0 Å². The fourth-order valence-electron chi connectivity index (χ4n) is 3.29. The lowest BCUT2D eigenvalue weighted by Crippen LogP contribution is -2.49. The Morgan fingerprint density at radius 1 is 1.18 bits per heavy atom. The summed E-state index contributed by atoms with van der Waals surface area (Å²) in [5.41, 5.74) is 0.575. The maximum absolute atomic E-state index is 13.6. The number of hydrogen-bond donors (Lipinski definition) is 2. The molecular weight excluding hydrogens is 410 g/mol. The first-order valence-electron chi connectivity index (χ1n) is 8.81. The first-order valence-corrected chi connectivity index (χ1v) is 10.3. The number of piperidine rings is 1. The summed E-state index contributed by atoms with van der Waals surface area (Å²) in [4.78, 5) is 0.100. The van der Waals surface area contributed by atoms with Gasteiger partial charge in [0.1, 0.15) is 5.75 Å². The Kier molecular flexibility index (Phi) is 7.77. The van der Waals surface area contributed by atoms with Gasteiger partial charge in [-0.05, 0) is 49.7 Å². The molecule has 0 aromatic heterocycles. The Bertz CT molecular complexity index is 912. The standard InChI is InChI=1S/C19H22F2N2O3S.ClH/c1-2-26-14-4-3-5-15(11-14)27(24,25)23-19-12-22-9-8-16(19)13-6-7-17(20)18(21)10-13;/h3-7,10-11,16,19,22-23H,2,8-9,12H2,1H3;1H. The van der Waals surface area contributed by atoms with Crippen LogP contribution in [0, 0.1) is 11.6 Å². The van der Waals surface area contributed by atoms with Crippen LogP contribution in [0.3, 0.4) is 0 Å². The number of halogens is 3. The van der Waals surface area contributed by atoms with Crippen LogP contribution in [0.25, 0.3) is 0 Å². The largest absolute Gasteiger partial charge is 0.494 e. The Balaban J connectivity index is 0.00000280. The van der Waals surface area contributed by atoms with E-state index in [4.69, 9.17) is 4.74 Å². The minimum Gasteiger partial charge on any atom is -0.494 e. The summed E-state index contributed by atoms with van der Waals surface area (Å²) in [5, 5.41) is 3.15. The second-order valence-electron chi connectivity index (χ2n) is 6.41. The zero-order valence-corrected chi connectivity index (χ0v) is 17.0. The molecule has 0 spiro atoms. The predicted octanol–water partition coefficient (Wildman–Crippen LogP) is 3.21. The average Bonchev–Trinajstić information content (AvgIpc) is 2.65. The Morgan fingerprint density at radius 3 is 2.68 bits per heavy atom. The minimum absolute atomic E-state index is 0. The van der Waals surface area contributed by atoms with Gasteiger partial charge < -0.3 is 10.1 Å². The van der Waals surface area contributed by atoms with E-state index in [0.717, 1.165) is 12.1 Å². The van der Waals surface area contributed by atoms with Crippen molar-refractivity contribution >= 4 is 22.4 Å². The number of sulfonamides is 1. The molecule has 1 aliphatic heterocycles. The molecule has 28 heavy (non-hydrogen) atoms. The van der Waals surface area contributed by atoms with Crippen molar-refractivity contribution in [2.45, 2.75) is 30.2 Å². The lowest BCUT2D eigenvalue weighted by Gasteiger charge is -2.33. The van der Waals surface area contributed by atoms with Crippen molar-refractivity contribution in [2.24, 2.45) is 0 Å². The molecule has 2 aromatic rings. The van der Waals surface area contributed by atoms with Crippen molar-refractivity contribution in [3.8, 4) is 5.75 Å². The zero-order valence-electron chi connectivity index (χ0n) is 15.3. The molecular formula is C19H23ClF2N2O3S. The third-order valence-electron chi connectivity index (χ3n) is 4.59. The number of nitrogens with one attached hydrogen (secondary N) is 2. The molecule has 0 amide bonds. The quantitative estimate of drug-likeness (QED) is 0.735. The fourth-order valence-corrected chi connectivity index (χ4v) is 4.60. The number of hydrogen-bond acceptors (Lipinski definition) is 4. The monoisotopic (exact) mass is 432 g/mol. The van der Waals surface area contributed by atoms with Crippen LogP contribution in [-0.4, -0.2) is 34.2 Å². The summed E-state index contributed by atoms with van der Waals surface area (Å²) >= 11 is 0. The van der Waals surface area contributed by atoms with Crippen LogP contribution in [0.15, 0.2) is 47.4 Å². The summed E-state index contributed by atoms with van der Waals surface area (Å²) in [6, 6.07) is 9.50. The maximum Gasteiger partial charge on any atom is 0.241 e. The van der Waals surface area contributed by atoms with Crippen molar-refractivity contribution in [3.63, 3.8) is 0 Å². The predicted molar refractivity (Wildman–Crippen MR) is 106 cm³/mol. The van der Waals surface area contributed by atoms with Crippen LogP contribution < -0.4 is 14.8 Å². The van der Waals surface area contributed by atoms with Crippen LogP contribution in [0.5, 0.6) is 5.75 Å². The Morgan fingerprint density at radius 2 is 1.96 bits per heavy atom. The molecule has 3 rings (SSSR count). The summed E-state index contributed by atoms with van der Waals surface area (Å²) in [6.45, 7) is 3.32. The number of benzene rings is 2. The van der Waals surface area contributed by atoms with Gasteiger partial charge in [0.15, 0.2) is 11.6 Å². The van der Waals surface area contributed by atoms with Crippen LogP contribution in [-0.2, 0) is 10.0 Å². The van der Waals surface area contributed by atoms with E-state index in [1.54, 1.807) is 12.1 Å². The molecule has 9 heteroatoms. The van der Waals surface area contributed by atoms with Gasteiger partial charge in [-0.25, -0.2) is 21.9 Å². The zero-order chi connectivity index (χ0) is 19.4. The lowest BCUT2D eigenvalue weighted by molar-refractivity contribution is 0.339. The van der Waals surface area contributed by atoms with Crippen LogP contribution >= 0.6 is 12.4 Å². The van der Waals surface area contributed by atoms with Crippen molar-refractivity contribution in [2.75, 3.05) is 19.7 Å². The Labute approximate surface area is 169 Å². The second-order valence-corrected chi connectivity index (χ2v) is 8.12. The highest BCUT2D eigenvalue weighted by Gasteiger charge is 2.31. The third kappa shape index (κ3) is 5.20. The fraction of sp³-hybridized carbons (Fsp3) is 0.368. The smallest absolute Gasteiger partial charge is 0.241 e. The summed E-state index contributed by atoms with van der Waals surface area (Å²) in [5.74, 6) is -1.64. The van der Waals surface area contributed by atoms with Crippen LogP contribution in [0.1, 0.15) is 24.8 Å². The molecule has 2 N–H and O–H groups in total. The van der Waals surface area contributed by atoms with Gasteiger partial charge >= 0.3 is 0 Å². The van der Waals surface area contributed by atoms with Gasteiger partial charge in [0.2, 0.25) is 10.0 Å². The molecule has 2 aromatic carbocycles. The van der Waals surface area contributed by atoms with Crippen molar-refractivity contribution in [3.05, 3.63) is 59.7 Å². The molecule has 5 nitrogen and oxygen atoms in total. The molecule has 0 radical (unpaired) electrons. The van der Waals surface area contributed by atoms with Crippen LogP contribution in [0.4, 0.5) is 8.78 Å². The average molecular weight is 433 g/mol. The lowest BCUT2D eigenvalue weighted by atomic mass is 9.86. The van der Waals surface area contributed by atoms with E-state index in [1.807, 2.05) is 6.92 Å². The second kappa shape index (κ2) is 9.65. The molecule has 2 atom stereocenters. The maximum atomic E-state index is 13.6. The summed E-state index contributed by atoms with van der Waals surface area (Å²) in [6.07, 6.45) is 0.608. The minimum atomic E-state index is -3.80. The molecule has 154 valence electrons. The third-order valence-corrected chi connectivity index (χ3v) is 6.07. The van der Waals surface area contributed by atoms with E-state index in [0.29, 0.717) is 37.4 Å². The highest BCUT2D eigenvalue weighted by Crippen LogP contribution is 2.28. The first kappa shape index (κ1) is 22.5. The molecule has 0 saturated carbocycles. The van der Waals surface area contributed by atoms with E-state index in [2.05, 4.69) is 10.0 Å². The summed E-state index contributed by atoms with van der Waals surface area (Å²) < 4.78 is 60.6. The van der Waals surface area contributed by atoms with E-state index >= 15 is 0 Å². The SMILES string of the molecule is CCOc1cccc(S(=O)(=O)NC2CNCCC2c2ccc(F)c(F)c2)c1.Cl. The molecule has 2 unspecified atom stereocenters. The van der Waals surface area contributed by atoms with Crippen LogP contribution in [0.2, 0.25) is 0 Å². The van der Waals surface area contributed by atoms with Crippen molar-refractivity contribution < 1.29 is 21.9 Å². The first-order chi connectivity index (χ1) is 12.9. The van der Waals surface area contributed by atoms with Crippen molar-refractivity contribution in [1.29, 1.82) is 0 Å². The van der Waals surface area contributed by atoms with E-state index < -0.39 is 27.7 Å². The van der Waals surface area contributed by atoms with E-state index in [-0.39, 0.29) is 23.2 Å². The van der Waals surface area contributed by atoms with Gasteiger partial charge in [-0.1, -0.05) is 12.1 Å². The van der Waals surface area contributed by atoms with Gasteiger partial charge in [0, 0.05) is 24.6 Å². The van der Waals surface area contributed by atoms with Gasteiger partial charge in [-0.15, -0.1) is 12.4 Å². The molecule has 1 aliphatic rings.